The number of ketones is 1. The summed E-state index contributed by atoms with van der Waals surface area (Å²) in [6.45, 7) is 4.32. The molecule has 0 unspecified atom stereocenters. The van der Waals surface area contributed by atoms with Crippen molar-refractivity contribution in [2.24, 2.45) is 22.7 Å². The summed E-state index contributed by atoms with van der Waals surface area (Å²) in [4.78, 5) is 25.5. The lowest BCUT2D eigenvalue weighted by Gasteiger charge is -2.55. The van der Waals surface area contributed by atoms with Crippen LogP contribution in [0.25, 0.3) is 0 Å². The number of anilines is 1. The van der Waals surface area contributed by atoms with Crippen molar-refractivity contribution < 1.29 is 14.3 Å². The third-order valence-corrected chi connectivity index (χ3v) is 7.84. The zero-order valence-electron chi connectivity index (χ0n) is 16.0. The van der Waals surface area contributed by atoms with Crippen molar-refractivity contribution in [1.29, 1.82) is 0 Å². The Balaban J connectivity index is 1.36. The highest BCUT2D eigenvalue weighted by Gasteiger charge is 2.71. The topological polar surface area (TPSA) is 55.4 Å². The first-order chi connectivity index (χ1) is 12.8. The normalized spacial score (nSPS) is 43.8. The molecule has 27 heavy (non-hydrogen) atoms. The Bertz CT molecular complexity index is 833. The molecule has 1 N–H and O–H groups in total. The zero-order chi connectivity index (χ0) is 18.9. The lowest BCUT2D eigenvalue weighted by Crippen LogP contribution is -2.56. The molecule has 0 radical (unpaired) electrons. The smallest absolute Gasteiger partial charge is 0.224 e. The van der Waals surface area contributed by atoms with Gasteiger partial charge >= 0.3 is 0 Å². The number of hydrogen-bond acceptors (Lipinski definition) is 3. The van der Waals surface area contributed by atoms with Gasteiger partial charge in [0.25, 0.3) is 0 Å². The molecular weight excluding hydrogens is 338 g/mol. The van der Waals surface area contributed by atoms with Crippen LogP contribution in [0.1, 0.15) is 46.0 Å². The van der Waals surface area contributed by atoms with Crippen LogP contribution in [-0.2, 0) is 14.3 Å². The van der Waals surface area contributed by atoms with Crippen LogP contribution in [0, 0.1) is 22.7 Å². The standard InChI is InChI=1S/C23H27NO3/c1-21(10-9-19(26)24-16-6-4-3-5-7-16)18(25)8-11-23-13-15-12-17(20(21)23)27-22(15,2)14-23/h3-8,11,15,17,20H,9-10,12-14H2,1-2H3,(H,24,26)/t15-,17-,20-,21+,22-,23-/m0/s1. The van der Waals surface area contributed by atoms with Crippen molar-refractivity contribution in [2.45, 2.75) is 57.7 Å². The van der Waals surface area contributed by atoms with Gasteiger partial charge in [0.2, 0.25) is 5.91 Å². The molecule has 1 spiro atoms. The van der Waals surface area contributed by atoms with Gasteiger partial charge in [-0.25, -0.2) is 0 Å². The maximum absolute atomic E-state index is 13.0. The minimum atomic E-state index is -0.524. The summed E-state index contributed by atoms with van der Waals surface area (Å²) < 4.78 is 6.46. The number of amides is 1. The Labute approximate surface area is 160 Å². The van der Waals surface area contributed by atoms with Crippen LogP contribution in [0.15, 0.2) is 42.5 Å². The molecule has 4 nitrogen and oxygen atoms in total. The lowest BCUT2D eigenvalue weighted by atomic mass is 9.51. The van der Waals surface area contributed by atoms with E-state index in [1.807, 2.05) is 36.4 Å². The van der Waals surface area contributed by atoms with E-state index in [1.54, 1.807) is 0 Å². The molecule has 1 aromatic rings. The van der Waals surface area contributed by atoms with E-state index in [1.165, 1.54) is 0 Å². The van der Waals surface area contributed by atoms with Gasteiger partial charge in [-0.05, 0) is 62.1 Å². The van der Waals surface area contributed by atoms with Crippen LogP contribution in [0.5, 0.6) is 0 Å². The highest BCUT2D eigenvalue weighted by Crippen LogP contribution is 2.71. The van der Waals surface area contributed by atoms with Crippen molar-refractivity contribution in [2.75, 3.05) is 5.32 Å². The molecule has 1 aromatic carbocycles. The van der Waals surface area contributed by atoms with Crippen molar-refractivity contribution >= 4 is 17.4 Å². The SMILES string of the molecule is C[C@]12C[C@@]34C=CC(=O)[C@@](C)(CCC(=O)Nc5ccccc5)[C@@H]3[C@H](C[C@H]1C4)O2. The molecule has 2 heterocycles. The summed E-state index contributed by atoms with van der Waals surface area (Å²) in [5.74, 6) is 0.938. The number of ether oxygens (including phenoxy) is 1. The summed E-state index contributed by atoms with van der Waals surface area (Å²) in [5, 5.41) is 2.94. The summed E-state index contributed by atoms with van der Waals surface area (Å²) in [6, 6.07) is 9.49. The fraction of sp³-hybridized carbons (Fsp3) is 0.565. The third kappa shape index (κ3) is 2.39. The molecule has 0 aromatic heterocycles. The predicted octanol–water partition coefficient (Wildman–Crippen LogP) is 4.12. The van der Waals surface area contributed by atoms with Crippen LogP contribution in [-0.4, -0.2) is 23.4 Å². The number of nitrogens with one attached hydrogen (secondary N) is 1. The first-order valence-electron chi connectivity index (χ1n) is 10.1. The number of carbonyl (C=O) groups excluding carboxylic acids is 2. The molecule has 4 bridgehead atoms. The molecule has 6 rings (SSSR count). The van der Waals surface area contributed by atoms with Crippen molar-refractivity contribution in [3.05, 3.63) is 42.5 Å². The van der Waals surface area contributed by atoms with E-state index < -0.39 is 5.41 Å². The van der Waals surface area contributed by atoms with Crippen LogP contribution in [0.2, 0.25) is 0 Å². The fourth-order valence-corrected chi connectivity index (χ4v) is 6.76. The van der Waals surface area contributed by atoms with Gasteiger partial charge in [-0.3, -0.25) is 9.59 Å². The first-order valence-corrected chi connectivity index (χ1v) is 10.1. The maximum Gasteiger partial charge on any atom is 0.224 e. The van der Waals surface area contributed by atoms with Gasteiger partial charge in [-0.2, -0.15) is 0 Å². The van der Waals surface area contributed by atoms with Gasteiger partial charge in [0.1, 0.15) is 0 Å². The second-order valence-corrected chi connectivity index (χ2v) is 9.52. The number of hydrogen-bond donors (Lipinski definition) is 1. The zero-order valence-corrected chi connectivity index (χ0v) is 16.0. The van der Waals surface area contributed by atoms with E-state index in [-0.39, 0.29) is 34.7 Å². The van der Waals surface area contributed by atoms with Crippen LogP contribution in [0.4, 0.5) is 5.69 Å². The number of allylic oxidation sites excluding steroid dienone is 2. The second kappa shape index (κ2) is 5.54. The molecule has 2 saturated carbocycles. The third-order valence-electron chi connectivity index (χ3n) is 7.84. The maximum atomic E-state index is 13.0. The number of carbonyl (C=O) groups is 2. The van der Waals surface area contributed by atoms with E-state index in [0.29, 0.717) is 18.8 Å². The monoisotopic (exact) mass is 365 g/mol. The average molecular weight is 365 g/mol. The Hall–Kier alpha value is -1.94. The van der Waals surface area contributed by atoms with Crippen LogP contribution >= 0.6 is 0 Å². The van der Waals surface area contributed by atoms with Crippen LogP contribution in [0.3, 0.4) is 0 Å². The van der Waals surface area contributed by atoms with Crippen molar-refractivity contribution in [3.63, 3.8) is 0 Å². The molecule has 4 heteroatoms. The van der Waals surface area contributed by atoms with Gasteiger partial charge in [-0.15, -0.1) is 0 Å². The molecule has 1 amide bonds. The minimum absolute atomic E-state index is 0.0164. The predicted molar refractivity (Wildman–Crippen MR) is 103 cm³/mol. The first kappa shape index (κ1) is 17.2. The highest BCUT2D eigenvalue weighted by molar-refractivity contribution is 5.97. The molecule has 6 atom stereocenters. The molecule has 2 aliphatic heterocycles. The lowest BCUT2D eigenvalue weighted by molar-refractivity contribution is -0.169. The van der Waals surface area contributed by atoms with Crippen LogP contribution < -0.4 is 5.32 Å². The fourth-order valence-electron chi connectivity index (χ4n) is 6.76. The van der Waals surface area contributed by atoms with E-state index in [4.69, 9.17) is 4.74 Å². The highest BCUT2D eigenvalue weighted by atomic mass is 16.5. The summed E-state index contributed by atoms with van der Waals surface area (Å²) >= 11 is 0. The average Bonchev–Trinajstić information content (AvgIpc) is 3.00. The quantitative estimate of drug-likeness (QED) is 0.873. The molecule has 142 valence electrons. The number of para-hydroxylation sites is 1. The number of rotatable bonds is 4. The Morgan fingerprint density at radius 3 is 2.78 bits per heavy atom. The molecule has 3 aliphatic carbocycles. The Morgan fingerprint density at radius 1 is 1.26 bits per heavy atom. The molecule has 4 fully saturated rings. The van der Waals surface area contributed by atoms with Gasteiger partial charge in [0.05, 0.1) is 11.7 Å². The van der Waals surface area contributed by atoms with Gasteiger partial charge < -0.3 is 10.1 Å². The van der Waals surface area contributed by atoms with E-state index in [9.17, 15) is 9.59 Å². The number of benzene rings is 1. The Kier molecular flexibility index (Phi) is 3.52. The summed E-state index contributed by atoms with van der Waals surface area (Å²) in [5.41, 5.74) is 0.342. The largest absolute Gasteiger partial charge is 0.371 e. The van der Waals surface area contributed by atoms with E-state index in [2.05, 4.69) is 25.2 Å². The van der Waals surface area contributed by atoms with E-state index >= 15 is 0 Å². The molecule has 2 saturated heterocycles. The van der Waals surface area contributed by atoms with Crippen molar-refractivity contribution in [3.8, 4) is 0 Å². The summed E-state index contributed by atoms with van der Waals surface area (Å²) in [7, 11) is 0. The van der Waals surface area contributed by atoms with E-state index in [0.717, 1.165) is 24.9 Å². The van der Waals surface area contributed by atoms with Gasteiger partial charge in [0, 0.05) is 23.4 Å². The second-order valence-electron chi connectivity index (χ2n) is 9.52. The van der Waals surface area contributed by atoms with Gasteiger partial charge in [-0.1, -0.05) is 31.2 Å². The molecular formula is C23H27NO3. The minimum Gasteiger partial charge on any atom is -0.371 e. The molecule has 5 aliphatic rings. The Morgan fingerprint density at radius 2 is 2.04 bits per heavy atom. The summed E-state index contributed by atoms with van der Waals surface area (Å²) in [6.07, 6.45) is 8.28. The van der Waals surface area contributed by atoms with Crippen molar-refractivity contribution in [1.82, 2.24) is 0 Å². The van der Waals surface area contributed by atoms with Gasteiger partial charge in [0.15, 0.2) is 5.78 Å².